The lowest BCUT2D eigenvalue weighted by Gasteiger charge is -2.02. The van der Waals surface area contributed by atoms with Crippen LogP contribution < -0.4 is 5.73 Å². The summed E-state index contributed by atoms with van der Waals surface area (Å²) in [6, 6.07) is 10.4. The summed E-state index contributed by atoms with van der Waals surface area (Å²) >= 11 is 3.94. The highest BCUT2D eigenvalue weighted by molar-refractivity contribution is 9.10. The minimum Gasteiger partial charge on any atom is -0.377 e. The quantitative estimate of drug-likeness (QED) is 0.270. The highest BCUT2D eigenvalue weighted by atomic mass is 79.9. The standard InChI is InChI=1S/C15H11BrF3N3S/c16-11-6-12(17)10(13(18)14(11)19)7-21-22-15(20)23-8-9-4-2-1-3-5-9/h1-7H,8H2,(H2,20,22). The highest BCUT2D eigenvalue weighted by Gasteiger charge is 2.16. The molecule has 0 saturated carbocycles. The fourth-order valence-electron chi connectivity index (χ4n) is 1.60. The van der Waals surface area contributed by atoms with Gasteiger partial charge in [-0.25, -0.2) is 13.2 Å². The zero-order chi connectivity index (χ0) is 16.8. The van der Waals surface area contributed by atoms with Gasteiger partial charge in [-0.2, -0.15) is 5.10 Å². The first kappa shape index (κ1) is 17.6. The molecule has 0 fully saturated rings. The number of nitrogens with two attached hydrogens (primary N) is 1. The van der Waals surface area contributed by atoms with Crippen LogP contribution in [-0.2, 0) is 5.75 Å². The summed E-state index contributed by atoms with van der Waals surface area (Å²) in [6.45, 7) is 0. The predicted octanol–water partition coefficient (Wildman–Crippen LogP) is 4.45. The molecule has 0 aliphatic carbocycles. The molecule has 0 bridgehead atoms. The molecule has 8 heteroatoms. The van der Waals surface area contributed by atoms with Crippen LogP contribution in [0.3, 0.4) is 0 Å². The summed E-state index contributed by atoms with van der Waals surface area (Å²) in [4.78, 5) is 0. The molecule has 0 radical (unpaired) electrons. The van der Waals surface area contributed by atoms with E-state index in [0.29, 0.717) is 5.75 Å². The van der Waals surface area contributed by atoms with Crippen molar-refractivity contribution >= 4 is 39.1 Å². The van der Waals surface area contributed by atoms with Crippen molar-refractivity contribution in [2.45, 2.75) is 5.75 Å². The summed E-state index contributed by atoms with van der Waals surface area (Å²) in [5, 5.41) is 7.26. The molecule has 0 saturated heterocycles. The zero-order valence-electron chi connectivity index (χ0n) is 11.6. The normalized spacial score (nSPS) is 12.1. The Morgan fingerprint density at radius 1 is 1.17 bits per heavy atom. The lowest BCUT2D eigenvalue weighted by molar-refractivity contribution is 0.488. The summed E-state index contributed by atoms with van der Waals surface area (Å²) in [6.07, 6.45) is 0.788. The first-order valence-electron chi connectivity index (χ1n) is 6.35. The molecule has 0 amide bonds. The third-order valence-electron chi connectivity index (χ3n) is 2.72. The molecule has 3 nitrogen and oxygen atoms in total. The number of amidine groups is 1. The molecule has 0 aliphatic heterocycles. The molecule has 2 rings (SSSR count). The molecule has 0 aromatic heterocycles. The third kappa shape index (κ3) is 4.84. The molecule has 2 aromatic rings. The largest absolute Gasteiger partial charge is 0.377 e. The first-order valence-corrected chi connectivity index (χ1v) is 8.13. The Balaban J connectivity index is 2.04. The Kier molecular flexibility index (Phi) is 6.23. The average Bonchev–Trinajstić information content (AvgIpc) is 2.55. The molecule has 2 N–H and O–H groups in total. The van der Waals surface area contributed by atoms with E-state index in [1.165, 1.54) is 11.8 Å². The van der Waals surface area contributed by atoms with Crippen LogP contribution >= 0.6 is 27.7 Å². The van der Waals surface area contributed by atoms with Gasteiger partial charge in [0.05, 0.1) is 16.3 Å². The van der Waals surface area contributed by atoms with Gasteiger partial charge in [-0.05, 0) is 27.6 Å². The second kappa shape index (κ2) is 8.16. The number of hydrogen-bond donors (Lipinski definition) is 1. The van der Waals surface area contributed by atoms with Crippen molar-refractivity contribution in [2.75, 3.05) is 0 Å². The fourth-order valence-corrected chi connectivity index (χ4v) is 2.59. The van der Waals surface area contributed by atoms with E-state index in [9.17, 15) is 13.2 Å². The van der Waals surface area contributed by atoms with Gasteiger partial charge in [0.2, 0.25) is 0 Å². The SMILES string of the molecule is NC(=NN=Cc1c(F)cc(Br)c(F)c1F)SCc1ccccc1. The van der Waals surface area contributed by atoms with Crippen LogP contribution in [0.15, 0.2) is 51.1 Å². The van der Waals surface area contributed by atoms with Crippen molar-refractivity contribution in [1.29, 1.82) is 0 Å². The first-order chi connectivity index (χ1) is 11.0. The molecule has 0 unspecified atom stereocenters. The van der Waals surface area contributed by atoms with Crippen molar-refractivity contribution in [3.8, 4) is 0 Å². The van der Waals surface area contributed by atoms with Gasteiger partial charge in [0, 0.05) is 5.75 Å². The van der Waals surface area contributed by atoms with Crippen molar-refractivity contribution in [3.05, 3.63) is 69.4 Å². The fraction of sp³-hybridized carbons (Fsp3) is 0.0667. The molecule has 120 valence electrons. The summed E-state index contributed by atoms with van der Waals surface area (Å²) in [7, 11) is 0. The van der Waals surface area contributed by atoms with E-state index in [0.717, 1.165) is 17.8 Å². The number of halogens is 4. The van der Waals surface area contributed by atoms with E-state index in [2.05, 4.69) is 26.1 Å². The summed E-state index contributed by atoms with van der Waals surface area (Å²) < 4.78 is 40.2. The van der Waals surface area contributed by atoms with Crippen LogP contribution in [0.1, 0.15) is 11.1 Å². The molecule has 0 aliphatic rings. The zero-order valence-corrected chi connectivity index (χ0v) is 14.0. The van der Waals surface area contributed by atoms with Crippen molar-refractivity contribution in [2.24, 2.45) is 15.9 Å². The van der Waals surface area contributed by atoms with E-state index < -0.39 is 23.0 Å². The molecular formula is C15H11BrF3N3S. The monoisotopic (exact) mass is 401 g/mol. The maximum atomic E-state index is 13.6. The van der Waals surface area contributed by atoms with Gasteiger partial charge in [0.25, 0.3) is 0 Å². The Labute approximate surface area is 143 Å². The van der Waals surface area contributed by atoms with E-state index in [1.54, 1.807) is 0 Å². The smallest absolute Gasteiger partial charge is 0.180 e. The summed E-state index contributed by atoms with van der Waals surface area (Å²) in [5.41, 5.74) is 6.08. The minimum atomic E-state index is -1.34. The number of thioether (sulfide) groups is 1. The topological polar surface area (TPSA) is 50.7 Å². The lowest BCUT2D eigenvalue weighted by atomic mass is 10.2. The molecule has 0 spiro atoms. The number of benzene rings is 2. The summed E-state index contributed by atoms with van der Waals surface area (Å²) in [5.74, 6) is -2.90. The Hall–Kier alpha value is -1.80. The third-order valence-corrected chi connectivity index (χ3v) is 4.15. The van der Waals surface area contributed by atoms with Gasteiger partial charge in [0.1, 0.15) is 5.82 Å². The predicted molar refractivity (Wildman–Crippen MR) is 91.0 cm³/mol. The Morgan fingerprint density at radius 2 is 1.87 bits per heavy atom. The van der Waals surface area contributed by atoms with Crippen LogP contribution in [-0.4, -0.2) is 11.4 Å². The van der Waals surface area contributed by atoms with E-state index in [1.807, 2.05) is 30.3 Å². The number of nitrogens with zero attached hydrogens (tertiary/aromatic N) is 2. The van der Waals surface area contributed by atoms with Crippen molar-refractivity contribution in [1.82, 2.24) is 0 Å². The molecule has 2 aromatic carbocycles. The van der Waals surface area contributed by atoms with Crippen LogP contribution in [0.5, 0.6) is 0 Å². The molecular weight excluding hydrogens is 391 g/mol. The van der Waals surface area contributed by atoms with Gasteiger partial charge in [-0.15, -0.1) is 5.10 Å². The van der Waals surface area contributed by atoms with Gasteiger partial charge in [-0.3, -0.25) is 0 Å². The van der Waals surface area contributed by atoms with Crippen LogP contribution in [0, 0.1) is 17.5 Å². The maximum absolute atomic E-state index is 13.6. The van der Waals surface area contributed by atoms with Gasteiger partial charge in [-0.1, -0.05) is 42.1 Å². The minimum absolute atomic E-state index is 0.128. The van der Waals surface area contributed by atoms with E-state index >= 15 is 0 Å². The van der Waals surface area contributed by atoms with Crippen molar-refractivity contribution in [3.63, 3.8) is 0 Å². The molecule has 0 heterocycles. The van der Waals surface area contributed by atoms with Gasteiger partial charge < -0.3 is 5.73 Å². The average molecular weight is 402 g/mol. The second-order valence-corrected chi connectivity index (χ2v) is 6.19. The van der Waals surface area contributed by atoms with Crippen LogP contribution in [0.25, 0.3) is 0 Å². The Morgan fingerprint density at radius 3 is 2.57 bits per heavy atom. The Bertz CT molecular complexity index is 751. The van der Waals surface area contributed by atoms with Gasteiger partial charge >= 0.3 is 0 Å². The highest BCUT2D eigenvalue weighted by Crippen LogP contribution is 2.23. The van der Waals surface area contributed by atoms with E-state index in [4.69, 9.17) is 5.73 Å². The maximum Gasteiger partial charge on any atom is 0.180 e. The number of hydrogen-bond acceptors (Lipinski definition) is 3. The molecule has 23 heavy (non-hydrogen) atoms. The van der Waals surface area contributed by atoms with E-state index in [-0.39, 0.29) is 9.64 Å². The lowest BCUT2D eigenvalue weighted by Crippen LogP contribution is -2.06. The number of rotatable bonds is 4. The molecule has 0 atom stereocenters. The van der Waals surface area contributed by atoms with Crippen molar-refractivity contribution < 1.29 is 13.2 Å². The van der Waals surface area contributed by atoms with Crippen LogP contribution in [0.2, 0.25) is 0 Å². The second-order valence-electron chi connectivity index (χ2n) is 4.34. The van der Waals surface area contributed by atoms with Gasteiger partial charge in [0.15, 0.2) is 16.8 Å². The van der Waals surface area contributed by atoms with Crippen LogP contribution in [0.4, 0.5) is 13.2 Å².